The van der Waals surface area contributed by atoms with E-state index in [-0.39, 0.29) is 11.4 Å². The molecule has 1 aromatic rings. The first-order chi connectivity index (χ1) is 14.8. The van der Waals surface area contributed by atoms with Gasteiger partial charge in [-0.25, -0.2) is 0 Å². The third-order valence-corrected chi connectivity index (χ3v) is 4.75. The molecule has 1 heterocycles. The second-order valence-electron chi connectivity index (χ2n) is 8.18. The van der Waals surface area contributed by atoms with E-state index in [2.05, 4.69) is 5.10 Å². The minimum Gasteiger partial charge on any atom is -0.484 e. The summed E-state index contributed by atoms with van der Waals surface area (Å²) >= 11 is 0. The lowest BCUT2D eigenvalue weighted by Gasteiger charge is -2.41. The molecule has 0 spiro atoms. The number of carbonyl (C=O) groups is 1. The lowest BCUT2D eigenvalue weighted by atomic mass is 9.83. The number of non-ortho nitro benzene ring substituents is 1. The van der Waals surface area contributed by atoms with Crippen LogP contribution in [0, 0.1) is 15.5 Å². The van der Waals surface area contributed by atoms with E-state index in [4.69, 9.17) is 4.74 Å². The molecule has 1 aromatic carbocycles. The molecule has 1 amide bonds. The Morgan fingerprint density at radius 1 is 1.15 bits per heavy atom. The van der Waals surface area contributed by atoms with Crippen molar-refractivity contribution < 1.29 is 50.3 Å². The zero-order chi connectivity index (χ0) is 25.6. The molecule has 1 N–H and O–H groups in total. The molecule has 1 atom stereocenters. The van der Waals surface area contributed by atoms with Crippen LogP contribution in [-0.4, -0.2) is 57.0 Å². The number of ether oxygens (including phenoxy) is 1. The number of aliphatic hydroxyl groups is 1. The van der Waals surface area contributed by atoms with Gasteiger partial charge >= 0.3 is 18.0 Å². The molecular formula is C18H18F7N3O5. The molecule has 0 aliphatic carbocycles. The van der Waals surface area contributed by atoms with Gasteiger partial charge in [-0.15, -0.1) is 0 Å². The van der Waals surface area contributed by atoms with Crippen molar-refractivity contribution in [3.05, 3.63) is 34.4 Å². The van der Waals surface area contributed by atoms with Gasteiger partial charge < -0.3 is 9.84 Å². The summed E-state index contributed by atoms with van der Waals surface area (Å²) in [5, 5.41) is 23.9. The van der Waals surface area contributed by atoms with Crippen LogP contribution in [0.4, 0.5) is 36.4 Å². The number of alkyl halides is 7. The topological polar surface area (TPSA) is 105 Å². The normalized spacial score (nSPS) is 20.0. The molecule has 184 valence electrons. The molecule has 0 radical (unpaired) electrons. The summed E-state index contributed by atoms with van der Waals surface area (Å²) in [7, 11) is 0. The average molecular weight is 489 g/mol. The number of hydrazone groups is 1. The molecule has 0 unspecified atom stereocenters. The van der Waals surface area contributed by atoms with Gasteiger partial charge in [0.1, 0.15) is 5.75 Å². The maximum atomic E-state index is 14.6. The van der Waals surface area contributed by atoms with Crippen molar-refractivity contribution >= 4 is 17.3 Å². The highest BCUT2D eigenvalue weighted by molar-refractivity contribution is 5.94. The fourth-order valence-electron chi connectivity index (χ4n) is 2.77. The van der Waals surface area contributed by atoms with Crippen molar-refractivity contribution in [3.63, 3.8) is 0 Å². The first-order valence-corrected chi connectivity index (χ1v) is 9.09. The van der Waals surface area contributed by atoms with Crippen LogP contribution in [0.15, 0.2) is 29.4 Å². The monoisotopic (exact) mass is 489 g/mol. The summed E-state index contributed by atoms with van der Waals surface area (Å²) < 4.78 is 99.6. The molecule has 0 fully saturated rings. The third kappa shape index (κ3) is 4.58. The van der Waals surface area contributed by atoms with Gasteiger partial charge in [-0.3, -0.25) is 14.9 Å². The van der Waals surface area contributed by atoms with Gasteiger partial charge in [0.05, 0.1) is 4.92 Å². The van der Waals surface area contributed by atoms with Crippen LogP contribution in [-0.2, 0) is 4.79 Å². The third-order valence-electron chi connectivity index (χ3n) is 4.75. The van der Waals surface area contributed by atoms with Crippen LogP contribution in [0.25, 0.3) is 0 Å². The van der Waals surface area contributed by atoms with Gasteiger partial charge in [0.2, 0.25) is 5.72 Å². The van der Waals surface area contributed by atoms with Crippen LogP contribution in [0.5, 0.6) is 5.75 Å². The van der Waals surface area contributed by atoms with E-state index in [1.165, 1.54) is 20.8 Å². The molecule has 8 nitrogen and oxygen atoms in total. The number of benzene rings is 1. The smallest absolute Gasteiger partial charge is 0.460 e. The summed E-state index contributed by atoms with van der Waals surface area (Å²) in [5.74, 6) is -14.8. The highest BCUT2D eigenvalue weighted by atomic mass is 19.4. The Morgan fingerprint density at radius 2 is 1.67 bits per heavy atom. The van der Waals surface area contributed by atoms with Gasteiger partial charge in [0.15, 0.2) is 6.61 Å². The Kier molecular flexibility index (Phi) is 6.46. The second-order valence-corrected chi connectivity index (χ2v) is 8.18. The molecule has 33 heavy (non-hydrogen) atoms. The summed E-state index contributed by atoms with van der Waals surface area (Å²) in [6.45, 7) is 2.85. The second kappa shape index (κ2) is 8.11. The molecule has 15 heteroatoms. The maximum Gasteiger partial charge on any atom is 0.460 e. The highest BCUT2D eigenvalue weighted by Crippen LogP contribution is 2.55. The molecule has 1 aliphatic heterocycles. The van der Waals surface area contributed by atoms with Crippen molar-refractivity contribution in [2.75, 3.05) is 6.61 Å². The number of carbonyl (C=O) groups excluding carboxylic acids is 1. The number of nitro benzene ring substituents is 1. The first kappa shape index (κ1) is 26.3. The molecule has 0 saturated heterocycles. The van der Waals surface area contributed by atoms with E-state index >= 15 is 0 Å². The number of rotatable bonds is 6. The van der Waals surface area contributed by atoms with Gasteiger partial charge in [0.25, 0.3) is 11.6 Å². The van der Waals surface area contributed by atoms with Crippen LogP contribution in [0.2, 0.25) is 0 Å². The van der Waals surface area contributed by atoms with Crippen LogP contribution >= 0.6 is 0 Å². The average Bonchev–Trinajstić information content (AvgIpc) is 3.05. The van der Waals surface area contributed by atoms with Crippen molar-refractivity contribution in [1.82, 2.24) is 5.01 Å². The SMILES string of the molecule is CC(C)(C)C1=NN(C(=O)COc2ccc([N+](=O)[O-])cc2)[C@@](O)(C(F)(F)C(F)(F)C(F)(F)F)C1. The number of halogens is 7. The quantitative estimate of drug-likeness (QED) is 0.368. The molecular weight excluding hydrogens is 471 g/mol. The minimum atomic E-state index is -6.75. The van der Waals surface area contributed by atoms with E-state index < -0.39 is 63.7 Å². The summed E-state index contributed by atoms with van der Waals surface area (Å²) in [5.41, 5.74) is -6.33. The van der Waals surface area contributed by atoms with E-state index in [0.717, 1.165) is 24.3 Å². The Morgan fingerprint density at radius 3 is 2.09 bits per heavy atom. The number of hydrogen-bond acceptors (Lipinski definition) is 6. The van der Waals surface area contributed by atoms with Crippen molar-refractivity contribution in [3.8, 4) is 5.75 Å². The molecule has 1 aliphatic rings. The van der Waals surface area contributed by atoms with Crippen LogP contribution < -0.4 is 4.74 Å². The van der Waals surface area contributed by atoms with Crippen LogP contribution in [0.3, 0.4) is 0 Å². The predicted molar refractivity (Wildman–Crippen MR) is 97.8 cm³/mol. The van der Waals surface area contributed by atoms with Gasteiger partial charge in [-0.2, -0.15) is 40.8 Å². The molecule has 0 aromatic heterocycles. The van der Waals surface area contributed by atoms with E-state index in [1.807, 2.05) is 0 Å². The number of nitro groups is 1. The maximum absolute atomic E-state index is 14.6. The number of amides is 1. The molecule has 0 saturated carbocycles. The Balaban J connectivity index is 2.39. The molecule has 2 rings (SSSR count). The minimum absolute atomic E-state index is 0.191. The predicted octanol–water partition coefficient (Wildman–Crippen LogP) is 4.13. The Hall–Kier alpha value is -2.97. The van der Waals surface area contributed by atoms with Crippen molar-refractivity contribution in [2.24, 2.45) is 10.5 Å². The first-order valence-electron chi connectivity index (χ1n) is 9.09. The highest BCUT2D eigenvalue weighted by Gasteiger charge is 2.82. The van der Waals surface area contributed by atoms with Gasteiger partial charge in [-0.1, -0.05) is 20.8 Å². The fraction of sp³-hybridized carbons (Fsp3) is 0.556. The lowest BCUT2D eigenvalue weighted by Crippen LogP contribution is -2.69. The van der Waals surface area contributed by atoms with Crippen molar-refractivity contribution in [2.45, 2.75) is 50.9 Å². The Bertz CT molecular complexity index is 958. The summed E-state index contributed by atoms with van der Waals surface area (Å²) in [6, 6.07) is 4.00. The molecule has 0 bridgehead atoms. The van der Waals surface area contributed by atoms with E-state index in [0.29, 0.717) is 0 Å². The van der Waals surface area contributed by atoms with Gasteiger partial charge in [0, 0.05) is 29.7 Å². The summed E-state index contributed by atoms with van der Waals surface area (Å²) in [6.07, 6.45) is -8.24. The number of hydrogen-bond donors (Lipinski definition) is 1. The fourth-order valence-corrected chi connectivity index (χ4v) is 2.77. The lowest BCUT2D eigenvalue weighted by molar-refractivity contribution is -0.401. The number of nitrogens with zero attached hydrogens (tertiary/aromatic N) is 3. The van der Waals surface area contributed by atoms with Gasteiger partial charge in [-0.05, 0) is 12.1 Å². The Labute approximate surface area is 181 Å². The van der Waals surface area contributed by atoms with E-state index in [9.17, 15) is 50.7 Å². The van der Waals surface area contributed by atoms with Crippen LogP contribution in [0.1, 0.15) is 27.2 Å². The van der Waals surface area contributed by atoms with Crippen molar-refractivity contribution in [1.29, 1.82) is 0 Å². The largest absolute Gasteiger partial charge is 0.484 e. The standard InChI is InChI=1S/C18H18F7N3O5/c1-14(2,3)12-8-15(30,16(19,20)17(21,22)18(23,24)25)27(26-12)13(29)9-33-11-6-4-10(5-7-11)28(31)32/h4-7,30H,8-9H2,1-3H3/t15-/m0/s1. The van der Waals surface area contributed by atoms with E-state index in [1.54, 1.807) is 0 Å². The zero-order valence-electron chi connectivity index (χ0n) is 17.3. The summed E-state index contributed by atoms with van der Waals surface area (Å²) in [4.78, 5) is 22.4. The zero-order valence-corrected chi connectivity index (χ0v) is 17.3.